The van der Waals surface area contributed by atoms with Crippen molar-refractivity contribution < 1.29 is 14.5 Å². The largest absolute Gasteiger partial charge is 0.343 e. The first-order valence-electron chi connectivity index (χ1n) is 7.60. The smallest absolute Gasteiger partial charge is 0.320 e. The molecule has 11 nitrogen and oxygen atoms in total. The number of nitro groups is 1. The van der Waals surface area contributed by atoms with E-state index < -0.39 is 16.5 Å². The van der Waals surface area contributed by atoms with Gasteiger partial charge in [-0.3, -0.25) is 29.1 Å². The van der Waals surface area contributed by atoms with Gasteiger partial charge in [-0.05, 0) is 13.8 Å². The van der Waals surface area contributed by atoms with Crippen LogP contribution in [0.5, 0.6) is 0 Å². The minimum absolute atomic E-state index is 0.172. The molecule has 0 radical (unpaired) electrons. The second-order valence-corrected chi connectivity index (χ2v) is 5.35. The number of rotatable bonds is 6. The molecular weight excluding hydrogens is 330 g/mol. The molecule has 0 aromatic carbocycles. The summed E-state index contributed by atoms with van der Waals surface area (Å²) in [6.45, 7) is 4.36. The number of anilines is 1. The molecule has 2 aromatic rings. The Labute approximate surface area is 143 Å². The summed E-state index contributed by atoms with van der Waals surface area (Å²) in [6, 6.07) is 0. The molecule has 0 spiro atoms. The van der Waals surface area contributed by atoms with E-state index in [4.69, 9.17) is 0 Å². The van der Waals surface area contributed by atoms with Crippen LogP contribution in [0.2, 0.25) is 0 Å². The summed E-state index contributed by atoms with van der Waals surface area (Å²) in [5.74, 6) is -1.12. The maximum atomic E-state index is 12.5. The Kier molecular flexibility index (Phi) is 5.15. The lowest BCUT2D eigenvalue weighted by Crippen LogP contribution is -2.26. The minimum atomic E-state index is -0.776. The third kappa shape index (κ3) is 3.49. The number of aromatic nitrogens is 4. The van der Waals surface area contributed by atoms with Crippen LogP contribution in [0.3, 0.4) is 0 Å². The molecular formula is C14H19N7O4. The molecule has 0 fully saturated rings. The van der Waals surface area contributed by atoms with Gasteiger partial charge < -0.3 is 10.2 Å². The van der Waals surface area contributed by atoms with Crippen molar-refractivity contribution in [3.63, 3.8) is 0 Å². The zero-order chi connectivity index (χ0) is 18.7. The van der Waals surface area contributed by atoms with Crippen LogP contribution in [-0.2, 0) is 13.1 Å². The number of aryl methyl sites for hydroxylation is 2. The molecule has 2 aromatic heterocycles. The molecule has 0 aliphatic rings. The number of hydrogen-bond donors (Lipinski definition) is 1. The Balaban J connectivity index is 2.39. The molecule has 25 heavy (non-hydrogen) atoms. The molecule has 2 heterocycles. The standard InChI is InChI=1S/C14H19N7O4/c1-5-19-8-10(21(24)25)11(17-19)13(22)16-9-7-15-20(6-2)12(9)14(23)18(3)4/h7-8H,5-6H2,1-4H3,(H,16,22). The van der Waals surface area contributed by atoms with Crippen LogP contribution in [0.25, 0.3) is 0 Å². The van der Waals surface area contributed by atoms with E-state index in [9.17, 15) is 19.7 Å². The Morgan fingerprint density at radius 3 is 2.52 bits per heavy atom. The van der Waals surface area contributed by atoms with Crippen molar-refractivity contribution in [1.29, 1.82) is 0 Å². The third-order valence-electron chi connectivity index (χ3n) is 3.47. The third-order valence-corrected chi connectivity index (χ3v) is 3.47. The predicted octanol–water partition coefficient (Wildman–Crippen LogP) is 0.982. The molecule has 0 aliphatic heterocycles. The molecule has 0 aliphatic carbocycles. The van der Waals surface area contributed by atoms with Gasteiger partial charge in [-0.1, -0.05) is 0 Å². The fraction of sp³-hybridized carbons (Fsp3) is 0.429. The van der Waals surface area contributed by atoms with Gasteiger partial charge >= 0.3 is 5.69 Å². The predicted molar refractivity (Wildman–Crippen MR) is 88.4 cm³/mol. The van der Waals surface area contributed by atoms with E-state index in [0.717, 1.165) is 0 Å². The lowest BCUT2D eigenvalue weighted by Gasteiger charge is -2.13. The van der Waals surface area contributed by atoms with Crippen molar-refractivity contribution in [2.45, 2.75) is 26.9 Å². The van der Waals surface area contributed by atoms with E-state index in [0.29, 0.717) is 13.1 Å². The highest BCUT2D eigenvalue weighted by atomic mass is 16.6. The molecule has 1 N–H and O–H groups in total. The quantitative estimate of drug-likeness (QED) is 0.611. The van der Waals surface area contributed by atoms with Gasteiger partial charge in [0.2, 0.25) is 5.69 Å². The average Bonchev–Trinajstić information content (AvgIpc) is 3.17. The summed E-state index contributed by atoms with van der Waals surface area (Å²) in [7, 11) is 3.16. The van der Waals surface area contributed by atoms with Gasteiger partial charge in [0, 0.05) is 27.2 Å². The first-order valence-corrected chi connectivity index (χ1v) is 7.60. The molecule has 0 saturated carbocycles. The van der Waals surface area contributed by atoms with Crippen molar-refractivity contribution in [3.8, 4) is 0 Å². The van der Waals surface area contributed by atoms with Crippen LogP contribution in [0.15, 0.2) is 12.4 Å². The minimum Gasteiger partial charge on any atom is -0.343 e. The number of carbonyl (C=O) groups excluding carboxylic acids is 2. The van der Waals surface area contributed by atoms with E-state index in [1.54, 1.807) is 27.9 Å². The average molecular weight is 349 g/mol. The Morgan fingerprint density at radius 2 is 2.00 bits per heavy atom. The topological polar surface area (TPSA) is 128 Å². The fourth-order valence-electron chi connectivity index (χ4n) is 2.20. The highest BCUT2D eigenvalue weighted by molar-refractivity contribution is 6.09. The molecule has 0 atom stereocenters. The molecule has 11 heteroatoms. The van der Waals surface area contributed by atoms with E-state index in [2.05, 4.69) is 15.5 Å². The van der Waals surface area contributed by atoms with Crippen molar-refractivity contribution in [1.82, 2.24) is 24.5 Å². The Morgan fingerprint density at radius 1 is 1.32 bits per heavy atom. The second kappa shape index (κ2) is 7.11. The first kappa shape index (κ1) is 18.1. The lowest BCUT2D eigenvalue weighted by atomic mass is 10.3. The van der Waals surface area contributed by atoms with Crippen LogP contribution >= 0.6 is 0 Å². The van der Waals surface area contributed by atoms with Gasteiger partial charge in [-0.25, -0.2) is 0 Å². The number of nitrogens with zero attached hydrogens (tertiary/aromatic N) is 6. The molecule has 0 unspecified atom stereocenters. The van der Waals surface area contributed by atoms with E-state index in [1.165, 1.54) is 26.7 Å². The van der Waals surface area contributed by atoms with Gasteiger partial charge in [0.1, 0.15) is 11.9 Å². The number of amides is 2. The number of carbonyl (C=O) groups is 2. The van der Waals surface area contributed by atoms with Crippen LogP contribution in [0, 0.1) is 10.1 Å². The second-order valence-electron chi connectivity index (χ2n) is 5.35. The monoisotopic (exact) mass is 349 g/mol. The molecule has 0 saturated heterocycles. The molecule has 2 rings (SSSR count). The van der Waals surface area contributed by atoms with Crippen LogP contribution in [0.1, 0.15) is 34.8 Å². The summed E-state index contributed by atoms with van der Waals surface area (Å²) in [5.41, 5.74) is -0.355. The van der Waals surface area contributed by atoms with Gasteiger partial charge in [0.15, 0.2) is 0 Å². The van der Waals surface area contributed by atoms with Gasteiger partial charge in [0.05, 0.1) is 16.8 Å². The van der Waals surface area contributed by atoms with Crippen molar-refractivity contribution >= 4 is 23.2 Å². The van der Waals surface area contributed by atoms with Gasteiger partial charge in [-0.2, -0.15) is 10.2 Å². The fourth-order valence-corrected chi connectivity index (χ4v) is 2.20. The highest BCUT2D eigenvalue weighted by Gasteiger charge is 2.28. The first-order chi connectivity index (χ1) is 11.8. The van der Waals surface area contributed by atoms with Crippen LogP contribution < -0.4 is 5.32 Å². The lowest BCUT2D eigenvalue weighted by molar-refractivity contribution is -0.385. The number of hydrogen-bond acceptors (Lipinski definition) is 6. The maximum absolute atomic E-state index is 12.5. The van der Waals surface area contributed by atoms with E-state index >= 15 is 0 Å². The summed E-state index contributed by atoms with van der Waals surface area (Å²) in [6.07, 6.45) is 2.52. The Hall–Kier alpha value is -3.24. The van der Waals surface area contributed by atoms with Crippen molar-refractivity contribution in [2.24, 2.45) is 0 Å². The molecule has 0 bridgehead atoms. The van der Waals surface area contributed by atoms with Gasteiger partial charge in [0.25, 0.3) is 11.8 Å². The summed E-state index contributed by atoms with van der Waals surface area (Å²) >= 11 is 0. The van der Waals surface area contributed by atoms with Crippen LogP contribution in [0.4, 0.5) is 11.4 Å². The van der Waals surface area contributed by atoms with E-state index in [1.807, 2.05) is 0 Å². The highest BCUT2D eigenvalue weighted by Crippen LogP contribution is 2.21. The maximum Gasteiger partial charge on any atom is 0.320 e. The van der Waals surface area contributed by atoms with E-state index in [-0.39, 0.29) is 23.0 Å². The summed E-state index contributed by atoms with van der Waals surface area (Å²) < 4.78 is 2.74. The normalized spacial score (nSPS) is 10.6. The Bertz CT molecular complexity index is 821. The zero-order valence-corrected chi connectivity index (χ0v) is 14.4. The molecule has 2 amide bonds. The zero-order valence-electron chi connectivity index (χ0n) is 14.4. The van der Waals surface area contributed by atoms with Crippen LogP contribution in [-0.4, -0.2) is 55.3 Å². The SMILES string of the molecule is CCn1cc([N+](=O)[O-])c(C(=O)Nc2cnn(CC)c2C(=O)N(C)C)n1. The van der Waals surface area contributed by atoms with Crippen molar-refractivity contribution in [3.05, 3.63) is 33.9 Å². The van der Waals surface area contributed by atoms with Gasteiger partial charge in [-0.15, -0.1) is 0 Å². The summed E-state index contributed by atoms with van der Waals surface area (Å²) in [5, 5.41) is 21.6. The molecule has 134 valence electrons. The summed E-state index contributed by atoms with van der Waals surface area (Å²) in [4.78, 5) is 36.6. The van der Waals surface area contributed by atoms with Crippen molar-refractivity contribution in [2.75, 3.05) is 19.4 Å². The number of nitrogens with one attached hydrogen (secondary N) is 1.